The molecule has 0 spiro atoms. The SMILES string of the molecule is CCC(N)CCc1cc(NC(C)=O)ccc1OC. The quantitative estimate of drug-likeness (QED) is 0.814. The van der Waals surface area contributed by atoms with Crippen LogP contribution in [0.25, 0.3) is 0 Å². The van der Waals surface area contributed by atoms with Crippen molar-refractivity contribution in [2.24, 2.45) is 5.73 Å². The van der Waals surface area contributed by atoms with Crippen molar-refractivity contribution in [3.8, 4) is 5.75 Å². The second-order valence-corrected chi connectivity index (χ2v) is 4.41. The van der Waals surface area contributed by atoms with Gasteiger partial charge in [-0.25, -0.2) is 0 Å². The minimum atomic E-state index is -0.0728. The van der Waals surface area contributed by atoms with Gasteiger partial charge in [0.2, 0.25) is 5.91 Å². The molecule has 1 atom stereocenters. The standard InChI is InChI=1S/C14H22N2O2/c1-4-12(15)6-5-11-9-13(16-10(2)17)7-8-14(11)18-3/h7-9,12H,4-6,15H2,1-3H3,(H,16,17). The van der Waals surface area contributed by atoms with E-state index in [1.807, 2.05) is 18.2 Å². The van der Waals surface area contributed by atoms with E-state index in [9.17, 15) is 4.79 Å². The fourth-order valence-electron chi connectivity index (χ4n) is 1.80. The second kappa shape index (κ2) is 7.01. The number of nitrogens with two attached hydrogens (primary N) is 1. The van der Waals surface area contributed by atoms with Crippen LogP contribution in [-0.2, 0) is 11.2 Å². The second-order valence-electron chi connectivity index (χ2n) is 4.41. The first-order chi connectivity index (χ1) is 8.56. The molecule has 0 radical (unpaired) electrons. The fraction of sp³-hybridized carbons (Fsp3) is 0.500. The Morgan fingerprint density at radius 3 is 2.78 bits per heavy atom. The molecule has 0 fully saturated rings. The topological polar surface area (TPSA) is 64.3 Å². The minimum Gasteiger partial charge on any atom is -0.496 e. The summed E-state index contributed by atoms with van der Waals surface area (Å²) in [6, 6.07) is 5.86. The number of carbonyl (C=O) groups excluding carboxylic acids is 1. The molecular formula is C14H22N2O2. The van der Waals surface area contributed by atoms with Crippen molar-refractivity contribution in [1.29, 1.82) is 0 Å². The van der Waals surface area contributed by atoms with Gasteiger partial charge in [-0.15, -0.1) is 0 Å². The van der Waals surface area contributed by atoms with Gasteiger partial charge in [-0.1, -0.05) is 6.92 Å². The Hall–Kier alpha value is -1.55. The van der Waals surface area contributed by atoms with Gasteiger partial charge >= 0.3 is 0 Å². The van der Waals surface area contributed by atoms with E-state index in [2.05, 4.69) is 12.2 Å². The molecule has 18 heavy (non-hydrogen) atoms. The summed E-state index contributed by atoms with van der Waals surface area (Å²) >= 11 is 0. The third kappa shape index (κ3) is 4.37. The number of hydrogen-bond acceptors (Lipinski definition) is 3. The average Bonchev–Trinajstić information content (AvgIpc) is 2.35. The molecule has 0 aliphatic carbocycles. The lowest BCUT2D eigenvalue weighted by Crippen LogP contribution is -2.19. The van der Waals surface area contributed by atoms with Crippen LogP contribution in [0.5, 0.6) is 5.75 Å². The molecule has 1 aromatic carbocycles. The Morgan fingerprint density at radius 2 is 2.22 bits per heavy atom. The van der Waals surface area contributed by atoms with Gasteiger partial charge in [0.05, 0.1) is 7.11 Å². The molecule has 0 aromatic heterocycles. The first kappa shape index (κ1) is 14.5. The van der Waals surface area contributed by atoms with E-state index >= 15 is 0 Å². The number of benzene rings is 1. The predicted molar refractivity (Wildman–Crippen MR) is 73.9 cm³/mol. The van der Waals surface area contributed by atoms with Crippen LogP contribution in [0, 0.1) is 0 Å². The van der Waals surface area contributed by atoms with Gasteiger partial charge in [0.15, 0.2) is 0 Å². The molecule has 1 unspecified atom stereocenters. The monoisotopic (exact) mass is 250 g/mol. The highest BCUT2D eigenvalue weighted by molar-refractivity contribution is 5.88. The highest BCUT2D eigenvalue weighted by Crippen LogP contribution is 2.24. The lowest BCUT2D eigenvalue weighted by atomic mass is 10.0. The molecule has 0 saturated carbocycles. The van der Waals surface area contributed by atoms with E-state index in [0.717, 1.165) is 36.3 Å². The third-order valence-electron chi connectivity index (χ3n) is 2.91. The number of aryl methyl sites for hydroxylation is 1. The molecule has 3 N–H and O–H groups in total. The Balaban J connectivity index is 2.81. The zero-order valence-electron chi connectivity index (χ0n) is 11.3. The molecular weight excluding hydrogens is 228 g/mol. The lowest BCUT2D eigenvalue weighted by molar-refractivity contribution is -0.114. The molecule has 4 nitrogen and oxygen atoms in total. The number of hydrogen-bond donors (Lipinski definition) is 2. The van der Waals surface area contributed by atoms with E-state index in [1.165, 1.54) is 6.92 Å². The van der Waals surface area contributed by atoms with Gasteiger partial charge in [-0.2, -0.15) is 0 Å². The highest BCUT2D eigenvalue weighted by Gasteiger charge is 2.07. The number of methoxy groups -OCH3 is 1. The highest BCUT2D eigenvalue weighted by atomic mass is 16.5. The van der Waals surface area contributed by atoms with Crippen LogP contribution in [0.2, 0.25) is 0 Å². The van der Waals surface area contributed by atoms with Crippen molar-refractivity contribution in [3.05, 3.63) is 23.8 Å². The largest absolute Gasteiger partial charge is 0.496 e. The molecule has 0 heterocycles. The van der Waals surface area contributed by atoms with E-state index < -0.39 is 0 Å². The van der Waals surface area contributed by atoms with Gasteiger partial charge < -0.3 is 15.8 Å². The van der Waals surface area contributed by atoms with Crippen LogP contribution < -0.4 is 15.8 Å². The third-order valence-corrected chi connectivity index (χ3v) is 2.91. The molecule has 0 aliphatic rings. The van der Waals surface area contributed by atoms with Crippen LogP contribution in [-0.4, -0.2) is 19.1 Å². The number of ether oxygens (including phenoxy) is 1. The van der Waals surface area contributed by atoms with Crippen molar-refractivity contribution < 1.29 is 9.53 Å². The normalized spacial score (nSPS) is 12.0. The minimum absolute atomic E-state index is 0.0728. The van der Waals surface area contributed by atoms with Gasteiger partial charge in [0.1, 0.15) is 5.75 Å². The van der Waals surface area contributed by atoms with Crippen LogP contribution >= 0.6 is 0 Å². The molecule has 1 rings (SSSR count). The number of rotatable bonds is 6. The number of anilines is 1. The van der Waals surface area contributed by atoms with Gasteiger partial charge in [0.25, 0.3) is 0 Å². The van der Waals surface area contributed by atoms with Crippen LogP contribution in [0.4, 0.5) is 5.69 Å². The Kier molecular flexibility index (Phi) is 5.65. The first-order valence-corrected chi connectivity index (χ1v) is 6.27. The van der Waals surface area contributed by atoms with Crippen LogP contribution in [0.15, 0.2) is 18.2 Å². The molecule has 0 aliphatic heterocycles. The predicted octanol–water partition coefficient (Wildman–Crippen LogP) is 2.32. The first-order valence-electron chi connectivity index (χ1n) is 6.27. The van der Waals surface area contributed by atoms with Gasteiger partial charge in [-0.05, 0) is 43.0 Å². The molecule has 1 aromatic rings. The van der Waals surface area contributed by atoms with Gasteiger partial charge in [0, 0.05) is 18.7 Å². The summed E-state index contributed by atoms with van der Waals surface area (Å²) in [7, 11) is 1.65. The summed E-state index contributed by atoms with van der Waals surface area (Å²) < 4.78 is 5.32. The van der Waals surface area contributed by atoms with E-state index in [1.54, 1.807) is 7.11 Å². The van der Waals surface area contributed by atoms with E-state index in [-0.39, 0.29) is 11.9 Å². The van der Waals surface area contributed by atoms with E-state index in [4.69, 9.17) is 10.5 Å². The zero-order valence-corrected chi connectivity index (χ0v) is 11.3. The maximum absolute atomic E-state index is 11.0. The Labute approximate surface area is 109 Å². The van der Waals surface area contributed by atoms with Crippen molar-refractivity contribution in [2.75, 3.05) is 12.4 Å². The smallest absolute Gasteiger partial charge is 0.221 e. The van der Waals surface area contributed by atoms with Crippen molar-refractivity contribution in [1.82, 2.24) is 0 Å². The van der Waals surface area contributed by atoms with Gasteiger partial charge in [-0.3, -0.25) is 4.79 Å². The number of amides is 1. The Morgan fingerprint density at radius 1 is 1.50 bits per heavy atom. The molecule has 100 valence electrons. The molecule has 0 bridgehead atoms. The number of nitrogens with one attached hydrogen (secondary N) is 1. The van der Waals surface area contributed by atoms with Crippen molar-refractivity contribution in [2.45, 2.75) is 39.2 Å². The lowest BCUT2D eigenvalue weighted by Gasteiger charge is -2.13. The Bertz CT molecular complexity index is 405. The summed E-state index contributed by atoms with van der Waals surface area (Å²) in [6.07, 6.45) is 2.73. The average molecular weight is 250 g/mol. The summed E-state index contributed by atoms with van der Waals surface area (Å²) in [4.78, 5) is 11.0. The zero-order chi connectivity index (χ0) is 13.5. The van der Waals surface area contributed by atoms with Crippen LogP contribution in [0.3, 0.4) is 0 Å². The van der Waals surface area contributed by atoms with E-state index in [0.29, 0.717) is 0 Å². The summed E-state index contributed by atoms with van der Waals surface area (Å²) in [6.45, 7) is 3.58. The molecule has 1 amide bonds. The fourth-order valence-corrected chi connectivity index (χ4v) is 1.80. The van der Waals surface area contributed by atoms with Crippen LogP contribution in [0.1, 0.15) is 32.3 Å². The van der Waals surface area contributed by atoms with Crippen molar-refractivity contribution >= 4 is 11.6 Å². The molecule has 4 heteroatoms. The summed E-state index contributed by atoms with van der Waals surface area (Å²) in [5.41, 5.74) is 7.79. The maximum atomic E-state index is 11.0. The maximum Gasteiger partial charge on any atom is 0.221 e. The summed E-state index contributed by atoms with van der Waals surface area (Å²) in [5, 5.41) is 2.77. The molecule has 0 saturated heterocycles. The number of carbonyl (C=O) groups is 1. The van der Waals surface area contributed by atoms with Crippen molar-refractivity contribution in [3.63, 3.8) is 0 Å². The summed E-state index contributed by atoms with van der Waals surface area (Å²) in [5.74, 6) is 0.767.